The number of phosphoric ester groups is 1. The van der Waals surface area contributed by atoms with Crippen LogP contribution in [-0.2, 0) is 42.1 Å². The molecule has 66 heavy (non-hydrogen) atoms. The van der Waals surface area contributed by atoms with E-state index in [9.17, 15) is 58.7 Å². The molecule has 8 N–H and O–H groups in total. The highest BCUT2D eigenvalue weighted by Crippen LogP contribution is 2.49. The number of amides is 2. The number of rotatable bonds is 16. The third-order valence-corrected chi connectivity index (χ3v) is 11.1. The van der Waals surface area contributed by atoms with E-state index in [0.717, 1.165) is 16.7 Å². The van der Waals surface area contributed by atoms with Crippen molar-refractivity contribution in [1.82, 2.24) is 29.1 Å². The highest BCUT2D eigenvalue weighted by atomic mass is 31.2. The topological polar surface area (TPSA) is 364 Å². The van der Waals surface area contributed by atoms with Crippen LogP contribution in [0.5, 0.6) is 17.2 Å². The summed E-state index contributed by atoms with van der Waals surface area (Å²) in [7, 11) is -5.12. The summed E-state index contributed by atoms with van der Waals surface area (Å²) in [5, 5.41) is 44.2. The zero-order valence-electron chi connectivity index (χ0n) is 34.6. The van der Waals surface area contributed by atoms with Crippen LogP contribution in [0.15, 0.2) is 70.6 Å². The zero-order valence-corrected chi connectivity index (χ0v) is 35.5. The minimum Gasteiger partial charge on any atom is -0.504 e. The van der Waals surface area contributed by atoms with Crippen LogP contribution in [-0.4, -0.2) is 122 Å². The highest BCUT2D eigenvalue weighted by Gasteiger charge is 2.45. The van der Waals surface area contributed by atoms with Crippen molar-refractivity contribution in [3.8, 4) is 17.2 Å². The molecule has 7 rings (SSSR count). The van der Waals surface area contributed by atoms with Crippen molar-refractivity contribution in [3.05, 3.63) is 93.0 Å². The first-order chi connectivity index (χ1) is 31.4. The van der Waals surface area contributed by atoms with Gasteiger partial charge < -0.3 is 49.6 Å². The van der Waals surface area contributed by atoms with Gasteiger partial charge in [0.15, 0.2) is 35.0 Å². The Morgan fingerprint density at radius 3 is 2.29 bits per heavy atom. The van der Waals surface area contributed by atoms with Crippen molar-refractivity contribution in [1.29, 1.82) is 0 Å². The molecule has 26 nitrogen and oxygen atoms in total. The predicted octanol–water partition coefficient (Wildman–Crippen LogP) is 1.18. The predicted molar refractivity (Wildman–Crippen MR) is 221 cm³/mol. The normalized spacial score (nSPS) is 21.3. The number of H-pyrrole nitrogens is 1. The second kappa shape index (κ2) is 19.6. The monoisotopic (exact) mass is 940 g/mol. The van der Waals surface area contributed by atoms with E-state index in [4.69, 9.17) is 28.0 Å². The van der Waals surface area contributed by atoms with E-state index in [-0.39, 0.29) is 35.8 Å². The maximum Gasteiger partial charge on any atom is 0.472 e. The van der Waals surface area contributed by atoms with Crippen LogP contribution in [0.1, 0.15) is 59.9 Å². The molecule has 7 atom stereocenters. The molecule has 5 aromatic rings. The number of nitrogens with zero attached hydrogens (tertiary/aromatic N) is 5. The molecule has 2 saturated heterocycles. The Morgan fingerprint density at radius 1 is 0.924 bits per heavy atom. The molecular formula is C39H41N8O18P. The van der Waals surface area contributed by atoms with Gasteiger partial charge in [-0.2, -0.15) is 9.97 Å². The number of fused-ring (bicyclic) bond motifs is 1. The van der Waals surface area contributed by atoms with E-state index in [1.54, 1.807) is 44.2 Å². The van der Waals surface area contributed by atoms with Gasteiger partial charge in [-0.1, -0.05) is 32.0 Å². The van der Waals surface area contributed by atoms with Crippen LogP contribution in [0.3, 0.4) is 0 Å². The third kappa shape index (κ3) is 10.7. The Hall–Kier alpha value is -7.06. The van der Waals surface area contributed by atoms with Gasteiger partial charge in [-0.05, 0) is 30.3 Å². The van der Waals surface area contributed by atoms with Crippen LogP contribution >= 0.6 is 7.82 Å². The van der Waals surface area contributed by atoms with E-state index in [1.807, 2.05) is 0 Å². The number of aliphatic hydroxyl groups is 1. The summed E-state index contributed by atoms with van der Waals surface area (Å²) in [6, 6.07) is 10.9. The first-order valence-electron chi connectivity index (χ1n) is 19.8. The lowest BCUT2D eigenvalue weighted by molar-refractivity contribution is -0.156. The summed E-state index contributed by atoms with van der Waals surface area (Å²) in [5.41, 5.74) is -1.88. The fourth-order valence-electron chi connectivity index (χ4n) is 6.73. The average Bonchev–Trinajstić information content (AvgIpc) is 4.00. The molecule has 3 aromatic heterocycles. The molecule has 0 spiro atoms. The summed E-state index contributed by atoms with van der Waals surface area (Å²) in [6.07, 6.45) is -5.71. The number of carbonyl (C=O) groups excluding carboxylic acids is 4. The maximum absolute atomic E-state index is 13.5. The minimum atomic E-state index is -5.12. The summed E-state index contributed by atoms with van der Waals surface area (Å²) < 4.78 is 48.7. The van der Waals surface area contributed by atoms with Crippen LogP contribution in [0.2, 0.25) is 0 Å². The Bertz CT molecular complexity index is 2790. The number of anilines is 2. The quantitative estimate of drug-likeness (QED) is 0.0391. The third-order valence-electron chi connectivity index (χ3n) is 10.0. The SMILES string of the molecule is CC(C)C(=O)Nc1nc2c(ncn2C2CC(OP(=O)(O)OCC3OC(n4ccc(NC(=O)c5ccccc5)nc4=O)CC3OC(=O)COC(=O)c3cc(O)c(O)c(O)c3)C(CO)O2)c(=O)[nH]1. The Balaban J connectivity index is 1.04. The molecule has 0 aliphatic carbocycles. The van der Waals surface area contributed by atoms with Crippen molar-refractivity contribution >= 4 is 54.5 Å². The van der Waals surface area contributed by atoms with Gasteiger partial charge in [-0.15, -0.1) is 0 Å². The number of aromatic nitrogens is 6. The molecule has 0 radical (unpaired) electrons. The van der Waals surface area contributed by atoms with Gasteiger partial charge in [0, 0.05) is 30.5 Å². The first kappa shape index (κ1) is 46.9. The number of aromatic amines is 1. The minimum absolute atomic E-state index is 0.0216. The molecule has 27 heteroatoms. The molecule has 2 aliphatic rings. The largest absolute Gasteiger partial charge is 0.504 e. The highest BCUT2D eigenvalue weighted by molar-refractivity contribution is 7.47. The van der Waals surface area contributed by atoms with Gasteiger partial charge in [-0.3, -0.25) is 42.9 Å². The summed E-state index contributed by atoms with van der Waals surface area (Å²) >= 11 is 0. The van der Waals surface area contributed by atoms with Crippen LogP contribution in [0, 0.1) is 5.92 Å². The molecule has 7 unspecified atom stereocenters. The average molecular weight is 941 g/mol. The molecule has 350 valence electrons. The van der Waals surface area contributed by atoms with Crippen molar-refractivity contribution in [3.63, 3.8) is 0 Å². The second-order valence-electron chi connectivity index (χ2n) is 15.0. The molecular weight excluding hydrogens is 899 g/mol. The van der Waals surface area contributed by atoms with E-state index in [2.05, 4.69) is 30.6 Å². The summed E-state index contributed by atoms with van der Waals surface area (Å²) in [6.45, 7) is 0.698. The first-order valence-corrected chi connectivity index (χ1v) is 21.3. The number of esters is 2. The van der Waals surface area contributed by atoms with E-state index < -0.39 is 128 Å². The molecule has 0 saturated carbocycles. The molecule has 2 fully saturated rings. The number of aromatic hydroxyl groups is 3. The lowest BCUT2D eigenvalue weighted by atomic mass is 10.2. The summed E-state index contributed by atoms with van der Waals surface area (Å²) in [4.78, 5) is 102. The zero-order chi connectivity index (χ0) is 47.4. The number of hydrogen-bond donors (Lipinski definition) is 8. The maximum atomic E-state index is 13.5. The van der Waals surface area contributed by atoms with Crippen molar-refractivity contribution in [2.45, 2.75) is 63.6 Å². The number of phenols is 3. The lowest BCUT2D eigenvalue weighted by Gasteiger charge is -2.23. The number of aliphatic hydroxyl groups excluding tert-OH is 1. The van der Waals surface area contributed by atoms with Gasteiger partial charge in [0.2, 0.25) is 11.9 Å². The fraction of sp³-hybridized carbons (Fsp3) is 0.359. The number of hydrogen-bond acceptors (Lipinski definition) is 20. The molecule has 2 aliphatic heterocycles. The van der Waals surface area contributed by atoms with Crippen molar-refractivity contribution in [2.75, 3.05) is 30.5 Å². The number of benzene rings is 2. The standard InChI is InChI=1S/C39H41N8O18P/c1-18(2)34(53)44-38-43-33-31(36(55)45-38)40-17-47(33)29-13-24(25(14-48)62-29)65-66(58,59)61-15-26-23(64-30(51)16-60-37(56)20-10-21(49)32(52)22(50)11-20)12-28(63-26)46-9-8-27(42-39(46)57)41-35(54)19-6-4-3-5-7-19/h3-11,17-18,23-26,28-29,48-50,52H,12-16H2,1-2H3,(H,58,59)(H,41,42,54,57)(H2,43,44,45,53,55). The Morgan fingerprint density at radius 2 is 1.61 bits per heavy atom. The van der Waals surface area contributed by atoms with Crippen molar-refractivity contribution in [2.24, 2.45) is 5.92 Å². The van der Waals surface area contributed by atoms with Gasteiger partial charge in [0.05, 0.1) is 25.1 Å². The Labute approximate surface area is 370 Å². The van der Waals surface area contributed by atoms with Crippen molar-refractivity contribution < 1.29 is 77.1 Å². The van der Waals surface area contributed by atoms with Gasteiger partial charge in [0.1, 0.15) is 42.7 Å². The van der Waals surface area contributed by atoms with E-state index >= 15 is 0 Å². The number of phenolic OH excluding ortho intramolecular Hbond substituents is 3. The molecule has 0 bridgehead atoms. The number of phosphoric acid groups is 1. The molecule has 2 amide bonds. The summed E-state index contributed by atoms with van der Waals surface area (Å²) in [5.74, 6) is -6.68. The number of ether oxygens (including phenoxy) is 4. The number of carbonyl (C=O) groups is 4. The second-order valence-corrected chi connectivity index (χ2v) is 16.4. The number of imidazole rings is 1. The van der Waals surface area contributed by atoms with Crippen LogP contribution in [0.4, 0.5) is 11.8 Å². The number of nitrogens with one attached hydrogen (secondary N) is 3. The molecule has 5 heterocycles. The van der Waals surface area contributed by atoms with E-state index in [0.29, 0.717) is 5.56 Å². The van der Waals surface area contributed by atoms with Gasteiger partial charge >= 0.3 is 25.5 Å². The van der Waals surface area contributed by atoms with Crippen LogP contribution < -0.4 is 21.9 Å². The Kier molecular flexibility index (Phi) is 13.9. The fourth-order valence-corrected chi connectivity index (χ4v) is 7.69. The lowest BCUT2D eigenvalue weighted by Crippen LogP contribution is -2.33. The van der Waals surface area contributed by atoms with Gasteiger partial charge in [0.25, 0.3) is 11.5 Å². The molecule has 2 aromatic carbocycles. The smallest absolute Gasteiger partial charge is 0.472 e. The van der Waals surface area contributed by atoms with E-state index in [1.165, 1.54) is 23.2 Å². The van der Waals surface area contributed by atoms with Crippen LogP contribution in [0.25, 0.3) is 11.2 Å². The van der Waals surface area contributed by atoms with Gasteiger partial charge in [-0.25, -0.2) is 23.9 Å².